The molecule has 0 bridgehead atoms. The molecule has 1 aromatic carbocycles. The third-order valence-corrected chi connectivity index (χ3v) is 2.48. The van der Waals surface area contributed by atoms with Crippen LogP contribution in [-0.4, -0.2) is 45.9 Å². The number of aliphatic hydroxyl groups excluding tert-OH is 1. The summed E-state index contributed by atoms with van der Waals surface area (Å²) in [5.74, 6) is -1.84. The van der Waals surface area contributed by atoms with Crippen LogP contribution in [0.4, 0.5) is 0 Å². The van der Waals surface area contributed by atoms with E-state index in [-0.39, 0.29) is 12.2 Å². The van der Waals surface area contributed by atoms with Gasteiger partial charge in [0.25, 0.3) is 0 Å². The average molecular weight is 268 g/mol. The van der Waals surface area contributed by atoms with E-state index < -0.39 is 30.6 Å². The van der Waals surface area contributed by atoms with E-state index >= 15 is 0 Å². The largest absolute Gasteiger partial charge is 0.508 e. The number of phenolic OH excluding ortho intramolecular Hbond substituents is 1. The Labute approximate surface area is 109 Å². The Morgan fingerprint density at radius 2 is 1.84 bits per heavy atom. The topological polar surface area (TPSA) is 133 Å². The van der Waals surface area contributed by atoms with Crippen LogP contribution in [0, 0.1) is 0 Å². The van der Waals surface area contributed by atoms with Crippen LogP contribution in [-0.2, 0) is 16.0 Å². The van der Waals surface area contributed by atoms with E-state index in [1.807, 2.05) is 0 Å². The van der Waals surface area contributed by atoms with E-state index in [4.69, 9.17) is 21.1 Å². The highest BCUT2D eigenvalue weighted by molar-refractivity contribution is 5.82. The van der Waals surface area contributed by atoms with Gasteiger partial charge in [0.05, 0.1) is 12.6 Å². The van der Waals surface area contributed by atoms with Gasteiger partial charge >= 0.3 is 5.97 Å². The van der Waals surface area contributed by atoms with Gasteiger partial charge in [-0.05, 0) is 24.1 Å². The molecule has 6 N–H and O–H groups in total. The van der Waals surface area contributed by atoms with E-state index in [0.29, 0.717) is 0 Å². The Balaban J connectivity index is 2.44. The predicted molar refractivity (Wildman–Crippen MR) is 66.4 cm³/mol. The van der Waals surface area contributed by atoms with Gasteiger partial charge < -0.3 is 26.4 Å². The van der Waals surface area contributed by atoms with E-state index in [9.17, 15) is 9.59 Å². The van der Waals surface area contributed by atoms with Gasteiger partial charge in [-0.1, -0.05) is 12.1 Å². The fraction of sp³-hybridized carbons (Fsp3) is 0.333. The molecule has 0 aliphatic heterocycles. The number of nitrogens with one attached hydrogen (secondary N) is 1. The van der Waals surface area contributed by atoms with Crippen LogP contribution in [0.25, 0.3) is 0 Å². The van der Waals surface area contributed by atoms with Crippen molar-refractivity contribution >= 4 is 11.9 Å². The highest BCUT2D eigenvalue weighted by Gasteiger charge is 2.18. The van der Waals surface area contributed by atoms with Gasteiger partial charge in [-0.3, -0.25) is 4.79 Å². The lowest BCUT2D eigenvalue weighted by Crippen LogP contribution is -2.45. The van der Waals surface area contributed by atoms with Crippen LogP contribution in [0.3, 0.4) is 0 Å². The summed E-state index contributed by atoms with van der Waals surface area (Å²) in [6.07, 6.45) is -1.40. The number of hydrogen-bond donors (Lipinski definition) is 5. The van der Waals surface area contributed by atoms with Gasteiger partial charge in [-0.15, -0.1) is 0 Å². The molecule has 0 radical (unpaired) electrons. The summed E-state index contributed by atoms with van der Waals surface area (Å²) in [7, 11) is 0. The highest BCUT2D eigenvalue weighted by Crippen LogP contribution is 2.10. The summed E-state index contributed by atoms with van der Waals surface area (Å²) >= 11 is 0. The number of aliphatic hydroxyl groups is 1. The van der Waals surface area contributed by atoms with Crippen LogP contribution in [0.15, 0.2) is 24.3 Å². The molecule has 7 heteroatoms. The molecule has 0 aromatic heterocycles. The van der Waals surface area contributed by atoms with Gasteiger partial charge in [0.15, 0.2) is 6.10 Å². The third-order valence-electron chi connectivity index (χ3n) is 2.48. The van der Waals surface area contributed by atoms with Gasteiger partial charge in [-0.25, -0.2) is 4.79 Å². The normalized spacial score (nSPS) is 13.6. The van der Waals surface area contributed by atoms with E-state index in [1.165, 1.54) is 12.1 Å². The Morgan fingerprint density at radius 1 is 1.26 bits per heavy atom. The molecule has 19 heavy (non-hydrogen) atoms. The minimum Gasteiger partial charge on any atom is -0.508 e. The first kappa shape index (κ1) is 14.9. The summed E-state index contributed by atoms with van der Waals surface area (Å²) in [5, 5.41) is 28.8. The summed E-state index contributed by atoms with van der Waals surface area (Å²) < 4.78 is 0. The lowest BCUT2D eigenvalue weighted by Gasteiger charge is -2.13. The van der Waals surface area contributed by atoms with Gasteiger partial charge in [0, 0.05) is 0 Å². The van der Waals surface area contributed by atoms with Crippen LogP contribution in [0.1, 0.15) is 5.56 Å². The fourth-order valence-electron chi connectivity index (χ4n) is 1.39. The Morgan fingerprint density at radius 3 is 2.37 bits per heavy atom. The zero-order valence-electron chi connectivity index (χ0n) is 10.1. The Bertz CT molecular complexity index is 446. The molecule has 7 nitrogen and oxygen atoms in total. The fourth-order valence-corrected chi connectivity index (χ4v) is 1.39. The number of benzene rings is 1. The van der Waals surface area contributed by atoms with Gasteiger partial charge in [0.2, 0.25) is 5.91 Å². The summed E-state index contributed by atoms with van der Waals surface area (Å²) in [6.45, 7) is -0.391. The van der Waals surface area contributed by atoms with Crippen molar-refractivity contribution in [2.45, 2.75) is 18.6 Å². The maximum atomic E-state index is 11.6. The van der Waals surface area contributed by atoms with Crippen molar-refractivity contribution in [3.63, 3.8) is 0 Å². The molecule has 1 rings (SSSR count). The van der Waals surface area contributed by atoms with Crippen molar-refractivity contribution < 1.29 is 24.9 Å². The number of aliphatic carboxylic acids is 1. The monoisotopic (exact) mass is 268 g/mol. The molecule has 1 aromatic rings. The molecule has 0 saturated carbocycles. The smallest absolute Gasteiger partial charge is 0.334 e. The first-order valence-corrected chi connectivity index (χ1v) is 5.62. The van der Waals surface area contributed by atoms with E-state index in [0.717, 1.165) is 5.56 Å². The van der Waals surface area contributed by atoms with Crippen molar-refractivity contribution in [3.05, 3.63) is 29.8 Å². The zero-order valence-corrected chi connectivity index (χ0v) is 10.1. The molecular weight excluding hydrogens is 252 g/mol. The van der Waals surface area contributed by atoms with Crippen molar-refractivity contribution in [1.29, 1.82) is 0 Å². The molecule has 2 atom stereocenters. The van der Waals surface area contributed by atoms with E-state index in [2.05, 4.69) is 5.32 Å². The predicted octanol–water partition coefficient (Wildman–Crippen LogP) is -1.18. The molecule has 104 valence electrons. The van der Waals surface area contributed by atoms with Crippen molar-refractivity contribution in [1.82, 2.24) is 5.32 Å². The summed E-state index contributed by atoms with van der Waals surface area (Å²) in [4.78, 5) is 21.9. The quantitative estimate of drug-likeness (QED) is 0.441. The van der Waals surface area contributed by atoms with Crippen molar-refractivity contribution in [3.8, 4) is 5.75 Å². The maximum absolute atomic E-state index is 11.6. The van der Waals surface area contributed by atoms with Crippen molar-refractivity contribution in [2.24, 2.45) is 5.73 Å². The lowest BCUT2D eigenvalue weighted by atomic mass is 10.1. The molecule has 0 fully saturated rings. The van der Waals surface area contributed by atoms with Gasteiger partial charge in [0.1, 0.15) is 5.75 Å². The second kappa shape index (κ2) is 6.72. The number of carboxylic acids is 1. The number of hydrogen-bond acceptors (Lipinski definition) is 5. The summed E-state index contributed by atoms with van der Waals surface area (Å²) in [5.41, 5.74) is 6.41. The molecule has 0 unspecified atom stereocenters. The number of carbonyl (C=O) groups is 2. The Kier molecular flexibility index (Phi) is 5.28. The number of phenols is 1. The van der Waals surface area contributed by atoms with Crippen LogP contribution in [0.5, 0.6) is 5.75 Å². The van der Waals surface area contributed by atoms with Crippen LogP contribution in [0.2, 0.25) is 0 Å². The number of aromatic hydroxyl groups is 1. The Hall–Kier alpha value is -2.12. The number of rotatable bonds is 6. The molecule has 0 aliphatic carbocycles. The number of carboxylic acid groups (broad SMARTS) is 1. The molecule has 0 aliphatic rings. The summed E-state index contributed by atoms with van der Waals surface area (Å²) in [6, 6.07) is 5.37. The molecular formula is C12H16N2O5. The van der Waals surface area contributed by atoms with Gasteiger partial charge in [-0.2, -0.15) is 0 Å². The zero-order chi connectivity index (χ0) is 14.4. The standard InChI is InChI=1S/C12H16N2O5/c13-9(5-7-1-3-8(15)4-2-7)11(17)14-6-10(16)12(18)19/h1-4,9-10,15-16H,5-6,13H2,(H,14,17)(H,18,19)/t9-,10-/m0/s1. The number of carbonyl (C=O) groups excluding carboxylic acids is 1. The lowest BCUT2D eigenvalue weighted by molar-refractivity contribution is -0.146. The first-order valence-electron chi connectivity index (χ1n) is 5.62. The minimum atomic E-state index is -1.65. The number of amides is 1. The molecule has 0 spiro atoms. The SMILES string of the molecule is N[C@@H](Cc1ccc(O)cc1)C(=O)NC[C@H](O)C(=O)O. The number of nitrogens with two attached hydrogens (primary N) is 1. The highest BCUT2D eigenvalue weighted by atomic mass is 16.4. The average Bonchev–Trinajstić information content (AvgIpc) is 2.37. The van der Waals surface area contributed by atoms with E-state index in [1.54, 1.807) is 12.1 Å². The molecule has 0 heterocycles. The maximum Gasteiger partial charge on any atom is 0.334 e. The second-order valence-corrected chi connectivity index (χ2v) is 4.08. The molecule has 0 saturated heterocycles. The first-order chi connectivity index (χ1) is 8.90. The van der Waals surface area contributed by atoms with Crippen molar-refractivity contribution in [2.75, 3.05) is 6.54 Å². The molecule has 1 amide bonds. The second-order valence-electron chi connectivity index (χ2n) is 4.08. The van der Waals surface area contributed by atoms with Crippen LogP contribution < -0.4 is 11.1 Å². The minimum absolute atomic E-state index is 0.117. The third kappa shape index (κ3) is 4.94. The van der Waals surface area contributed by atoms with Crippen LogP contribution >= 0.6 is 0 Å².